The van der Waals surface area contributed by atoms with Crippen LogP contribution in [0.2, 0.25) is 0 Å². The average molecular weight is 377 g/mol. The lowest BCUT2D eigenvalue weighted by Crippen LogP contribution is -2.50. The van der Waals surface area contributed by atoms with E-state index in [9.17, 15) is 9.59 Å². The number of methoxy groups -OCH3 is 1. The van der Waals surface area contributed by atoms with Gasteiger partial charge in [0.15, 0.2) is 0 Å². The van der Waals surface area contributed by atoms with Crippen molar-refractivity contribution in [3.05, 3.63) is 23.6 Å². The Bertz CT molecular complexity index is 645. The maximum absolute atomic E-state index is 12.7. The maximum atomic E-state index is 12.7. The zero-order valence-corrected chi connectivity index (χ0v) is 16.7. The summed E-state index contributed by atoms with van der Waals surface area (Å²) in [4.78, 5) is 28.5. The summed E-state index contributed by atoms with van der Waals surface area (Å²) >= 11 is 0. The SMILES string of the molecule is CCCCO[C@H](C)[C@H]1C(OC)=CC(=O)N1[C@H]1CCN(C2=CC(=O)N[C@H]2C)C1. The molecule has 3 rings (SSSR count). The molecule has 3 aliphatic rings. The van der Waals surface area contributed by atoms with Crippen molar-refractivity contribution in [2.24, 2.45) is 0 Å². The van der Waals surface area contributed by atoms with Gasteiger partial charge in [0.25, 0.3) is 5.91 Å². The minimum Gasteiger partial charge on any atom is -0.499 e. The summed E-state index contributed by atoms with van der Waals surface area (Å²) in [6, 6.07) is -0.100. The van der Waals surface area contributed by atoms with Crippen LogP contribution in [-0.4, -0.2) is 72.6 Å². The predicted molar refractivity (Wildman–Crippen MR) is 102 cm³/mol. The normalized spacial score (nSPS) is 29.1. The van der Waals surface area contributed by atoms with Gasteiger partial charge < -0.3 is 24.6 Å². The van der Waals surface area contributed by atoms with E-state index in [1.807, 2.05) is 18.7 Å². The van der Waals surface area contributed by atoms with Crippen LogP contribution >= 0.6 is 0 Å². The van der Waals surface area contributed by atoms with Crippen LogP contribution in [0.1, 0.15) is 40.0 Å². The highest BCUT2D eigenvalue weighted by Gasteiger charge is 2.44. The fraction of sp³-hybridized carbons (Fsp3) is 0.700. The number of unbranched alkanes of at least 4 members (excludes halogenated alkanes) is 1. The molecule has 0 unspecified atom stereocenters. The molecule has 1 saturated heterocycles. The van der Waals surface area contributed by atoms with Crippen molar-refractivity contribution in [1.82, 2.24) is 15.1 Å². The third-order valence-electron chi connectivity index (χ3n) is 5.67. The van der Waals surface area contributed by atoms with Gasteiger partial charge in [0.1, 0.15) is 11.8 Å². The van der Waals surface area contributed by atoms with E-state index in [0.717, 1.165) is 38.0 Å². The van der Waals surface area contributed by atoms with Crippen LogP contribution < -0.4 is 5.32 Å². The van der Waals surface area contributed by atoms with E-state index < -0.39 is 0 Å². The lowest BCUT2D eigenvalue weighted by atomic mass is 10.1. The van der Waals surface area contributed by atoms with E-state index in [4.69, 9.17) is 9.47 Å². The Balaban J connectivity index is 1.71. The van der Waals surface area contributed by atoms with Gasteiger partial charge in [-0.2, -0.15) is 0 Å². The molecule has 0 aliphatic carbocycles. The summed E-state index contributed by atoms with van der Waals surface area (Å²) in [6.07, 6.45) is 6.08. The number of hydrogen-bond acceptors (Lipinski definition) is 5. The van der Waals surface area contributed by atoms with E-state index in [-0.39, 0.29) is 36.0 Å². The molecule has 1 N–H and O–H groups in total. The summed E-state index contributed by atoms with van der Waals surface area (Å²) in [5.74, 6) is 0.613. The molecule has 7 heteroatoms. The summed E-state index contributed by atoms with van der Waals surface area (Å²) < 4.78 is 11.5. The van der Waals surface area contributed by atoms with E-state index in [1.165, 1.54) is 0 Å². The van der Waals surface area contributed by atoms with Gasteiger partial charge in [-0.05, 0) is 26.7 Å². The molecule has 2 amide bonds. The predicted octanol–water partition coefficient (Wildman–Crippen LogP) is 1.41. The molecule has 0 aromatic heterocycles. The molecule has 0 bridgehead atoms. The van der Waals surface area contributed by atoms with Gasteiger partial charge in [-0.1, -0.05) is 13.3 Å². The maximum Gasteiger partial charge on any atom is 0.251 e. The Hall–Kier alpha value is -2.02. The van der Waals surface area contributed by atoms with Crippen molar-refractivity contribution < 1.29 is 19.1 Å². The molecule has 0 aromatic rings. The molecule has 150 valence electrons. The third-order valence-corrected chi connectivity index (χ3v) is 5.67. The molecule has 7 nitrogen and oxygen atoms in total. The molecule has 3 aliphatic heterocycles. The van der Waals surface area contributed by atoms with Crippen molar-refractivity contribution in [2.75, 3.05) is 26.8 Å². The third kappa shape index (κ3) is 3.98. The summed E-state index contributed by atoms with van der Waals surface area (Å²) in [7, 11) is 1.61. The Morgan fingerprint density at radius 2 is 2.11 bits per heavy atom. The van der Waals surface area contributed by atoms with Crippen LogP contribution in [0.25, 0.3) is 0 Å². The number of hydrogen-bond donors (Lipinski definition) is 1. The molecular weight excluding hydrogens is 346 g/mol. The van der Waals surface area contributed by atoms with Crippen molar-refractivity contribution in [2.45, 2.75) is 64.3 Å². The molecule has 0 saturated carbocycles. The molecule has 3 heterocycles. The van der Waals surface area contributed by atoms with Crippen LogP contribution in [-0.2, 0) is 19.1 Å². The minimum atomic E-state index is -0.195. The van der Waals surface area contributed by atoms with Crippen LogP contribution in [0, 0.1) is 0 Å². The second kappa shape index (κ2) is 8.33. The monoisotopic (exact) mass is 377 g/mol. The van der Waals surface area contributed by atoms with E-state index in [1.54, 1.807) is 19.3 Å². The van der Waals surface area contributed by atoms with Gasteiger partial charge in [-0.25, -0.2) is 0 Å². The highest BCUT2D eigenvalue weighted by molar-refractivity contribution is 5.92. The first-order chi connectivity index (χ1) is 13.0. The van der Waals surface area contributed by atoms with Crippen LogP contribution in [0.3, 0.4) is 0 Å². The largest absolute Gasteiger partial charge is 0.499 e. The quantitative estimate of drug-likeness (QED) is 0.648. The highest BCUT2D eigenvalue weighted by Crippen LogP contribution is 2.32. The smallest absolute Gasteiger partial charge is 0.251 e. The molecular formula is C20H31N3O4. The first-order valence-electron chi connectivity index (χ1n) is 9.92. The van der Waals surface area contributed by atoms with E-state index >= 15 is 0 Å². The van der Waals surface area contributed by atoms with Crippen LogP contribution in [0.15, 0.2) is 23.6 Å². The highest BCUT2D eigenvalue weighted by atomic mass is 16.5. The van der Waals surface area contributed by atoms with Crippen molar-refractivity contribution in [3.8, 4) is 0 Å². The number of nitrogens with zero attached hydrogens (tertiary/aromatic N) is 2. The first-order valence-corrected chi connectivity index (χ1v) is 9.92. The van der Waals surface area contributed by atoms with Gasteiger partial charge in [0.2, 0.25) is 5.91 Å². The number of carbonyl (C=O) groups is 2. The topological polar surface area (TPSA) is 71.1 Å². The standard InChI is InChI=1S/C20H31N3O4/c1-5-6-9-27-14(3)20-17(26-4)11-19(25)23(20)15-7-8-22(12-15)16-10-18(24)21-13(16)2/h10-11,13-15,20H,5-9,12H2,1-4H3,(H,21,24)/t13-,14+,15-,20-/m0/s1. The van der Waals surface area contributed by atoms with Gasteiger partial charge in [0, 0.05) is 37.5 Å². The Labute approximate surface area is 161 Å². The van der Waals surface area contributed by atoms with Crippen LogP contribution in [0.5, 0.6) is 0 Å². The molecule has 4 atom stereocenters. The van der Waals surface area contributed by atoms with E-state index in [2.05, 4.69) is 17.1 Å². The Kier molecular flexibility index (Phi) is 6.09. The van der Waals surface area contributed by atoms with Gasteiger partial charge in [-0.3, -0.25) is 9.59 Å². The van der Waals surface area contributed by atoms with Crippen molar-refractivity contribution in [1.29, 1.82) is 0 Å². The van der Waals surface area contributed by atoms with Crippen molar-refractivity contribution in [3.63, 3.8) is 0 Å². The van der Waals surface area contributed by atoms with Crippen molar-refractivity contribution >= 4 is 11.8 Å². The second-order valence-corrected chi connectivity index (χ2v) is 7.56. The number of rotatable bonds is 8. The Morgan fingerprint density at radius 1 is 1.33 bits per heavy atom. The Morgan fingerprint density at radius 3 is 2.74 bits per heavy atom. The summed E-state index contributed by atoms with van der Waals surface area (Å²) in [6.45, 7) is 8.37. The number of nitrogens with one attached hydrogen (secondary N) is 1. The molecule has 27 heavy (non-hydrogen) atoms. The number of likely N-dealkylation sites (tertiary alicyclic amines) is 1. The molecule has 0 radical (unpaired) electrons. The number of amides is 2. The number of ether oxygens (including phenoxy) is 2. The lowest BCUT2D eigenvalue weighted by Gasteiger charge is -2.35. The van der Waals surface area contributed by atoms with Gasteiger partial charge >= 0.3 is 0 Å². The van der Waals surface area contributed by atoms with Gasteiger partial charge in [-0.15, -0.1) is 0 Å². The molecule has 0 aromatic carbocycles. The summed E-state index contributed by atoms with van der Waals surface area (Å²) in [5, 5.41) is 2.90. The number of carbonyl (C=O) groups excluding carboxylic acids is 2. The second-order valence-electron chi connectivity index (χ2n) is 7.56. The minimum absolute atomic E-state index is 0.0164. The zero-order valence-electron chi connectivity index (χ0n) is 16.7. The zero-order chi connectivity index (χ0) is 19.6. The average Bonchev–Trinajstić information content (AvgIpc) is 3.31. The lowest BCUT2D eigenvalue weighted by molar-refractivity contribution is -0.131. The molecule has 1 fully saturated rings. The van der Waals surface area contributed by atoms with Gasteiger partial charge in [0.05, 0.1) is 25.3 Å². The van der Waals surface area contributed by atoms with Crippen LogP contribution in [0.4, 0.5) is 0 Å². The summed E-state index contributed by atoms with van der Waals surface area (Å²) in [5.41, 5.74) is 1.01. The fourth-order valence-corrected chi connectivity index (χ4v) is 4.26. The molecule has 0 spiro atoms. The van der Waals surface area contributed by atoms with E-state index in [0.29, 0.717) is 12.4 Å². The first kappa shape index (κ1) is 19.7. The fourth-order valence-electron chi connectivity index (χ4n) is 4.26.